The molecule has 4 rings (SSSR count). The predicted molar refractivity (Wildman–Crippen MR) is 94.9 cm³/mol. The summed E-state index contributed by atoms with van der Waals surface area (Å²) in [7, 11) is 0. The van der Waals surface area contributed by atoms with E-state index in [0.29, 0.717) is 12.6 Å². The molecule has 2 N–H and O–H groups in total. The number of benzene rings is 1. The third kappa shape index (κ3) is 2.85. The van der Waals surface area contributed by atoms with Crippen LogP contribution in [0.15, 0.2) is 30.6 Å². The lowest BCUT2D eigenvalue weighted by Crippen LogP contribution is -2.47. The number of hydrogen-bond acceptors (Lipinski definition) is 4. The zero-order valence-corrected chi connectivity index (χ0v) is 14.6. The Morgan fingerprint density at radius 1 is 1.25 bits per heavy atom. The van der Waals surface area contributed by atoms with Crippen LogP contribution in [0.3, 0.4) is 0 Å². The number of halogens is 1. The molecular formula is C18H24ClN5. The highest BCUT2D eigenvalue weighted by molar-refractivity contribution is 6.30. The van der Waals surface area contributed by atoms with E-state index in [1.165, 1.54) is 18.4 Å². The van der Waals surface area contributed by atoms with Gasteiger partial charge in [-0.3, -0.25) is 4.90 Å². The van der Waals surface area contributed by atoms with Crippen molar-refractivity contribution in [2.24, 2.45) is 5.73 Å². The number of hydrogen-bond donors (Lipinski definition) is 1. The Balaban J connectivity index is 1.46. The van der Waals surface area contributed by atoms with E-state index in [-0.39, 0.29) is 5.41 Å². The first-order valence-corrected chi connectivity index (χ1v) is 9.15. The van der Waals surface area contributed by atoms with E-state index in [0.717, 1.165) is 43.3 Å². The van der Waals surface area contributed by atoms with E-state index in [4.69, 9.17) is 17.3 Å². The van der Waals surface area contributed by atoms with Crippen LogP contribution in [0, 0.1) is 0 Å². The number of nitrogens with two attached hydrogens (primary N) is 1. The summed E-state index contributed by atoms with van der Waals surface area (Å²) in [5.41, 5.74) is 7.60. The largest absolute Gasteiger partial charge is 0.330 e. The normalized spacial score (nSPS) is 27.8. The van der Waals surface area contributed by atoms with Crippen molar-refractivity contribution < 1.29 is 0 Å². The van der Waals surface area contributed by atoms with Gasteiger partial charge in [0, 0.05) is 36.1 Å². The van der Waals surface area contributed by atoms with Crippen molar-refractivity contribution in [2.75, 3.05) is 13.1 Å². The van der Waals surface area contributed by atoms with E-state index in [2.05, 4.69) is 31.8 Å². The number of aromatic nitrogens is 3. The Morgan fingerprint density at radius 2 is 2.08 bits per heavy atom. The molecule has 1 aromatic carbocycles. The molecule has 1 aromatic heterocycles. The van der Waals surface area contributed by atoms with Gasteiger partial charge in [-0.05, 0) is 43.4 Å². The maximum atomic E-state index is 6.22. The van der Waals surface area contributed by atoms with Crippen molar-refractivity contribution in [1.29, 1.82) is 0 Å². The molecule has 0 amide bonds. The highest BCUT2D eigenvalue weighted by Gasteiger charge is 2.38. The highest BCUT2D eigenvalue weighted by Crippen LogP contribution is 2.41. The molecule has 2 aromatic rings. The van der Waals surface area contributed by atoms with Gasteiger partial charge in [0.25, 0.3) is 0 Å². The van der Waals surface area contributed by atoms with E-state index < -0.39 is 0 Å². The summed E-state index contributed by atoms with van der Waals surface area (Å²) in [6.07, 6.45) is 6.44. The van der Waals surface area contributed by atoms with E-state index >= 15 is 0 Å². The molecule has 5 nitrogen and oxygen atoms in total. The zero-order valence-electron chi connectivity index (χ0n) is 13.9. The summed E-state index contributed by atoms with van der Waals surface area (Å²) in [5, 5.41) is 9.07. The molecule has 0 atom stereocenters. The van der Waals surface area contributed by atoms with Crippen molar-refractivity contribution in [1.82, 2.24) is 19.7 Å². The number of fused-ring (bicyclic) bond motifs is 1. The number of rotatable bonds is 3. The van der Waals surface area contributed by atoms with Gasteiger partial charge >= 0.3 is 0 Å². The minimum absolute atomic E-state index is 0.0806. The zero-order chi connectivity index (χ0) is 16.6. The van der Waals surface area contributed by atoms with Crippen LogP contribution >= 0.6 is 11.6 Å². The average Bonchev–Trinajstić information content (AvgIpc) is 3.09. The molecule has 0 saturated heterocycles. The van der Waals surface area contributed by atoms with Crippen molar-refractivity contribution >= 4 is 11.6 Å². The fraction of sp³-hybridized carbons (Fsp3) is 0.556. The minimum atomic E-state index is 0.0806. The second-order valence-electron chi connectivity index (χ2n) is 7.14. The molecule has 2 aliphatic rings. The molecule has 0 spiro atoms. The third-order valence-electron chi connectivity index (χ3n) is 5.92. The van der Waals surface area contributed by atoms with Gasteiger partial charge in [0.1, 0.15) is 12.2 Å². The maximum Gasteiger partial charge on any atom is 0.147 e. The molecule has 128 valence electrons. The van der Waals surface area contributed by atoms with Crippen LogP contribution in [-0.4, -0.2) is 38.8 Å². The first-order valence-electron chi connectivity index (χ1n) is 8.77. The minimum Gasteiger partial charge on any atom is -0.330 e. The first kappa shape index (κ1) is 16.1. The van der Waals surface area contributed by atoms with Crippen molar-refractivity contribution in [3.63, 3.8) is 0 Å². The lowest BCUT2D eigenvalue weighted by atomic mass is 9.68. The lowest BCUT2D eigenvalue weighted by Gasteiger charge is -2.44. The van der Waals surface area contributed by atoms with Gasteiger partial charge in [0.15, 0.2) is 0 Å². The van der Waals surface area contributed by atoms with Crippen LogP contribution in [0.4, 0.5) is 0 Å². The smallest absolute Gasteiger partial charge is 0.147 e. The van der Waals surface area contributed by atoms with Crippen LogP contribution in [0.25, 0.3) is 0 Å². The highest BCUT2D eigenvalue weighted by atomic mass is 35.5. The standard InChI is InChI=1S/C18H24ClN5/c19-15-3-1-2-14(10-15)18(12-20)6-4-16(5-7-18)23-8-9-24-13-21-22-17(24)11-23/h1-3,10,13,16H,4-9,11-12,20H2/t16-,18-. The van der Waals surface area contributed by atoms with Gasteiger partial charge in [-0.25, -0.2) is 0 Å². The molecule has 24 heavy (non-hydrogen) atoms. The summed E-state index contributed by atoms with van der Waals surface area (Å²) in [4.78, 5) is 2.57. The molecule has 1 aliphatic carbocycles. The summed E-state index contributed by atoms with van der Waals surface area (Å²) in [6.45, 7) is 3.68. The van der Waals surface area contributed by atoms with Crippen LogP contribution in [0.2, 0.25) is 5.02 Å². The molecule has 0 radical (unpaired) electrons. The van der Waals surface area contributed by atoms with Crippen LogP contribution < -0.4 is 5.73 Å². The summed E-state index contributed by atoms with van der Waals surface area (Å²) >= 11 is 6.21. The van der Waals surface area contributed by atoms with Gasteiger partial charge in [0.05, 0.1) is 6.54 Å². The average molecular weight is 346 g/mol. The summed E-state index contributed by atoms with van der Waals surface area (Å²) in [6, 6.07) is 8.87. The van der Waals surface area contributed by atoms with Crippen molar-refractivity contribution in [2.45, 2.75) is 50.2 Å². The monoisotopic (exact) mass is 345 g/mol. The second-order valence-corrected chi connectivity index (χ2v) is 7.57. The number of nitrogens with zero attached hydrogens (tertiary/aromatic N) is 4. The van der Waals surface area contributed by atoms with E-state index in [9.17, 15) is 0 Å². The predicted octanol–water partition coefficient (Wildman–Crippen LogP) is 2.59. The molecule has 1 aliphatic heterocycles. The summed E-state index contributed by atoms with van der Waals surface area (Å²) < 4.78 is 2.16. The molecule has 0 unspecified atom stereocenters. The van der Waals surface area contributed by atoms with Crippen LogP contribution in [-0.2, 0) is 18.5 Å². The second kappa shape index (κ2) is 6.47. The molecule has 1 fully saturated rings. The van der Waals surface area contributed by atoms with Crippen molar-refractivity contribution in [3.8, 4) is 0 Å². The quantitative estimate of drug-likeness (QED) is 0.928. The first-order chi connectivity index (χ1) is 11.7. The Bertz CT molecular complexity index is 705. The molecule has 1 saturated carbocycles. The van der Waals surface area contributed by atoms with Crippen molar-refractivity contribution in [3.05, 3.63) is 47.0 Å². The molecule has 0 bridgehead atoms. The lowest BCUT2D eigenvalue weighted by molar-refractivity contribution is 0.0975. The van der Waals surface area contributed by atoms with Crippen LogP contribution in [0.5, 0.6) is 0 Å². The van der Waals surface area contributed by atoms with Gasteiger partial charge in [0.2, 0.25) is 0 Å². The van der Waals surface area contributed by atoms with Gasteiger partial charge in [-0.15, -0.1) is 10.2 Å². The Kier molecular flexibility index (Phi) is 4.33. The summed E-state index contributed by atoms with van der Waals surface area (Å²) in [5.74, 6) is 1.09. The van der Waals surface area contributed by atoms with Gasteiger partial charge in [-0.1, -0.05) is 23.7 Å². The Morgan fingerprint density at radius 3 is 2.83 bits per heavy atom. The third-order valence-corrected chi connectivity index (χ3v) is 6.16. The Labute approximate surface area is 147 Å². The fourth-order valence-corrected chi connectivity index (χ4v) is 4.54. The van der Waals surface area contributed by atoms with Gasteiger partial charge in [-0.2, -0.15) is 0 Å². The molecule has 2 heterocycles. The van der Waals surface area contributed by atoms with E-state index in [1.54, 1.807) is 0 Å². The van der Waals surface area contributed by atoms with E-state index in [1.807, 2.05) is 18.5 Å². The van der Waals surface area contributed by atoms with Crippen LogP contribution in [0.1, 0.15) is 37.1 Å². The van der Waals surface area contributed by atoms with Gasteiger partial charge < -0.3 is 10.3 Å². The fourth-order valence-electron chi connectivity index (χ4n) is 4.35. The Hall–Kier alpha value is -1.43. The molecular weight excluding hydrogens is 322 g/mol. The maximum absolute atomic E-state index is 6.22. The topological polar surface area (TPSA) is 60.0 Å². The molecule has 6 heteroatoms. The SMILES string of the molecule is NC[C@]1(c2cccc(Cl)c2)CC[C@H](N2CCn3cnnc3C2)CC1.